The van der Waals surface area contributed by atoms with Crippen LogP contribution >= 0.6 is 0 Å². The quantitative estimate of drug-likeness (QED) is 0.254. The summed E-state index contributed by atoms with van der Waals surface area (Å²) in [6, 6.07) is 15.2. The lowest BCUT2D eigenvalue weighted by atomic mass is 9.87. The Kier molecular flexibility index (Phi) is 9.80. The number of rotatable bonds is 11. The average Bonchev–Trinajstić information content (AvgIpc) is 2.93. The molecule has 0 bridgehead atoms. The van der Waals surface area contributed by atoms with Crippen LogP contribution in [0.15, 0.2) is 78.2 Å². The van der Waals surface area contributed by atoms with E-state index in [1.807, 2.05) is 0 Å². The summed E-state index contributed by atoms with van der Waals surface area (Å²) in [5, 5.41) is 3.03. The second kappa shape index (κ2) is 13.0. The molecule has 12 nitrogen and oxygen atoms in total. The van der Waals surface area contributed by atoms with Crippen LogP contribution in [0.2, 0.25) is 0 Å². The summed E-state index contributed by atoms with van der Waals surface area (Å²) in [4.78, 5) is 16.6. The number of benzene rings is 2. The third kappa shape index (κ3) is 7.77. The highest BCUT2D eigenvalue weighted by atomic mass is 32.2. The normalized spacial score (nSPS) is 11.2. The molecule has 0 aliphatic rings. The number of hydrogen-bond acceptors (Lipinski definition) is 10. The smallest absolute Gasteiger partial charge is 0.263 e. The highest BCUT2D eigenvalue weighted by Gasteiger charge is 2.23. The van der Waals surface area contributed by atoms with E-state index in [0.29, 0.717) is 24.0 Å². The van der Waals surface area contributed by atoms with Crippen LogP contribution in [0.4, 0.5) is 11.8 Å². The van der Waals surface area contributed by atoms with Crippen molar-refractivity contribution in [3.63, 3.8) is 0 Å². The lowest BCUT2D eigenvalue weighted by Crippen LogP contribution is -2.17. The molecule has 2 aromatic carbocycles. The van der Waals surface area contributed by atoms with Crippen molar-refractivity contribution in [1.29, 1.82) is 0 Å². The summed E-state index contributed by atoms with van der Waals surface area (Å²) in [5.41, 5.74) is 0.893. The third-order valence-electron chi connectivity index (χ3n) is 5.48. The molecular weight excluding hydrogens is 536 g/mol. The van der Waals surface area contributed by atoms with Crippen molar-refractivity contribution in [2.45, 2.75) is 31.1 Å². The van der Waals surface area contributed by atoms with E-state index in [9.17, 15) is 8.42 Å². The predicted octanol–water partition coefficient (Wildman–Crippen LogP) is 3.83. The predicted molar refractivity (Wildman–Crippen MR) is 151 cm³/mol. The molecule has 0 saturated heterocycles. The Morgan fingerprint density at radius 2 is 1.60 bits per heavy atom. The lowest BCUT2D eigenvalue weighted by molar-refractivity contribution is 0.301. The molecule has 0 aliphatic carbocycles. The molecular formula is C27H32N6O6S. The van der Waals surface area contributed by atoms with E-state index in [2.05, 4.69) is 50.7 Å². The highest BCUT2D eigenvalue weighted by molar-refractivity contribution is 7.92. The van der Waals surface area contributed by atoms with Crippen LogP contribution in [0.5, 0.6) is 23.1 Å². The molecule has 0 radical (unpaired) electrons. The van der Waals surface area contributed by atoms with E-state index in [1.165, 1.54) is 13.4 Å². The minimum atomic E-state index is -4.01. The SMILES string of the molecule is COc1cccc(Oc2c(NS(=O)(=O)c3ccc(C(C)(C)C)cc3)ncnc2OCCNc2ncccn2)c1.O. The van der Waals surface area contributed by atoms with Gasteiger partial charge in [-0.05, 0) is 41.3 Å². The molecule has 13 heteroatoms. The van der Waals surface area contributed by atoms with Gasteiger partial charge in [-0.1, -0.05) is 39.0 Å². The van der Waals surface area contributed by atoms with Crippen LogP contribution in [0.3, 0.4) is 0 Å². The minimum Gasteiger partial charge on any atom is -0.497 e. The van der Waals surface area contributed by atoms with E-state index in [1.54, 1.807) is 67.0 Å². The fourth-order valence-corrected chi connectivity index (χ4v) is 4.44. The highest BCUT2D eigenvalue weighted by Crippen LogP contribution is 2.37. The van der Waals surface area contributed by atoms with E-state index >= 15 is 0 Å². The molecule has 4 rings (SSSR count). The van der Waals surface area contributed by atoms with Gasteiger partial charge in [-0.15, -0.1) is 0 Å². The summed E-state index contributed by atoms with van der Waals surface area (Å²) >= 11 is 0. The van der Waals surface area contributed by atoms with Crippen molar-refractivity contribution >= 4 is 21.8 Å². The van der Waals surface area contributed by atoms with Crippen LogP contribution in [0.25, 0.3) is 0 Å². The van der Waals surface area contributed by atoms with Gasteiger partial charge in [0.05, 0.1) is 18.6 Å². The summed E-state index contributed by atoms with van der Waals surface area (Å²) in [6.45, 7) is 6.68. The largest absolute Gasteiger partial charge is 0.497 e. The number of hydrogen-bond donors (Lipinski definition) is 2. The first-order valence-electron chi connectivity index (χ1n) is 12.1. The van der Waals surface area contributed by atoms with E-state index in [-0.39, 0.29) is 39.8 Å². The summed E-state index contributed by atoms with van der Waals surface area (Å²) in [7, 11) is -2.48. The van der Waals surface area contributed by atoms with Crippen LogP contribution in [-0.4, -0.2) is 54.1 Å². The van der Waals surface area contributed by atoms with Gasteiger partial charge in [0.1, 0.15) is 24.4 Å². The van der Waals surface area contributed by atoms with Crippen LogP contribution < -0.4 is 24.2 Å². The Balaban J connectivity index is 0.00000441. The van der Waals surface area contributed by atoms with Gasteiger partial charge in [-0.3, -0.25) is 4.72 Å². The first-order valence-corrected chi connectivity index (χ1v) is 13.6. The van der Waals surface area contributed by atoms with E-state index in [0.717, 1.165) is 5.56 Å². The van der Waals surface area contributed by atoms with Crippen molar-refractivity contribution in [1.82, 2.24) is 19.9 Å². The van der Waals surface area contributed by atoms with Gasteiger partial charge in [0.2, 0.25) is 11.7 Å². The van der Waals surface area contributed by atoms with Crippen molar-refractivity contribution in [2.24, 2.45) is 0 Å². The van der Waals surface area contributed by atoms with Gasteiger partial charge in [0.15, 0.2) is 5.82 Å². The average molecular weight is 569 g/mol. The monoisotopic (exact) mass is 568 g/mol. The molecule has 40 heavy (non-hydrogen) atoms. The summed E-state index contributed by atoms with van der Waals surface area (Å²) < 4.78 is 46.2. The fraction of sp³-hybridized carbons (Fsp3) is 0.259. The molecule has 4 N–H and O–H groups in total. The van der Waals surface area contributed by atoms with Gasteiger partial charge in [-0.2, -0.15) is 4.98 Å². The number of methoxy groups -OCH3 is 1. The van der Waals surface area contributed by atoms with Crippen molar-refractivity contribution < 1.29 is 28.1 Å². The summed E-state index contributed by atoms with van der Waals surface area (Å²) in [5.74, 6) is 1.34. The molecule has 0 aliphatic heterocycles. The first kappa shape index (κ1) is 30.1. The second-order valence-corrected chi connectivity index (χ2v) is 11.0. The molecule has 0 unspecified atom stereocenters. The Labute approximate surface area is 233 Å². The molecule has 0 fully saturated rings. The maximum absolute atomic E-state index is 13.3. The van der Waals surface area contributed by atoms with Gasteiger partial charge in [0, 0.05) is 18.5 Å². The zero-order valence-corrected chi connectivity index (χ0v) is 23.4. The zero-order valence-electron chi connectivity index (χ0n) is 22.6. The summed E-state index contributed by atoms with van der Waals surface area (Å²) in [6.07, 6.45) is 4.44. The molecule has 0 amide bonds. The molecule has 2 aromatic heterocycles. The maximum atomic E-state index is 13.3. The molecule has 0 spiro atoms. The molecule has 2 heterocycles. The number of nitrogens with one attached hydrogen (secondary N) is 2. The van der Waals surface area contributed by atoms with Crippen LogP contribution in [0, 0.1) is 0 Å². The standard InChI is InChI=1S/C27H30N6O5S.H2O/c1-27(2,3)19-9-11-22(12-10-19)39(34,35)33-24-23(38-21-8-5-7-20(17-21)36-4)25(32-18-31-24)37-16-15-30-26-28-13-6-14-29-26;/h5-14,17-18H,15-16H2,1-4H3,(H,28,29,30)(H,31,32,33);1H2. The van der Waals surface area contributed by atoms with Gasteiger partial charge < -0.3 is 25.0 Å². The number of nitrogens with zero attached hydrogens (tertiary/aromatic N) is 4. The number of aromatic nitrogens is 4. The number of sulfonamides is 1. The van der Waals surface area contributed by atoms with Crippen molar-refractivity contribution in [3.05, 3.63) is 78.9 Å². The zero-order chi connectivity index (χ0) is 27.9. The molecule has 0 saturated carbocycles. The van der Waals surface area contributed by atoms with Gasteiger partial charge >= 0.3 is 0 Å². The molecule has 212 valence electrons. The van der Waals surface area contributed by atoms with E-state index in [4.69, 9.17) is 14.2 Å². The van der Waals surface area contributed by atoms with Crippen molar-refractivity contribution in [2.75, 3.05) is 30.3 Å². The maximum Gasteiger partial charge on any atom is 0.263 e. The Hall–Kier alpha value is -4.49. The van der Waals surface area contributed by atoms with Crippen LogP contribution in [0.1, 0.15) is 26.3 Å². The molecule has 0 atom stereocenters. The fourth-order valence-electron chi connectivity index (χ4n) is 3.43. The number of anilines is 2. The van der Waals surface area contributed by atoms with Gasteiger partial charge in [0.25, 0.3) is 15.9 Å². The minimum absolute atomic E-state index is 0. The number of ether oxygens (including phenoxy) is 3. The third-order valence-corrected chi connectivity index (χ3v) is 6.84. The Bertz CT molecular complexity index is 1500. The van der Waals surface area contributed by atoms with Crippen LogP contribution in [-0.2, 0) is 15.4 Å². The molecule has 4 aromatic rings. The topological polar surface area (TPSA) is 169 Å². The van der Waals surface area contributed by atoms with E-state index < -0.39 is 10.0 Å². The Morgan fingerprint density at radius 1 is 0.900 bits per heavy atom. The second-order valence-electron chi connectivity index (χ2n) is 9.37. The lowest BCUT2D eigenvalue weighted by Gasteiger charge is -2.19. The Morgan fingerprint density at radius 3 is 2.27 bits per heavy atom. The van der Waals surface area contributed by atoms with Gasteiger partial charge in [-0.25, -0.2) is 23.4 Å². The first-order chi connectivity index (χ1) is 18.7. The van der Waals surface area contributed by atoms with Crippen molar-refractivity contribution in [3.8, 4) is 23.1 Å².